The molecule has 0 aromatic carbocycles. The second-order valence-corrected chi connectivity index (χ2v) is 4.43. The first-order valence-electron chi connectivity index (χ1n) is 5.00. The second-order valence-electron chi connectivity index (χ2n) is 3.19. The van der Waals surface area contributed by atoms with Gasteiger partial charge in [0.15, 0.2) is 0 Å². The predicted molar refractivity (Wildman–Crippen MR) is 67.5 cm³/mol. The summed E-state index contributed by atoms with van der Waals surface area (Å²) in [5, 5.41) is 0. The summed E-state index contributed by atoms with van der Waals surface area (Å²) in [6.45, 7) is 6.42. The normalized spacial score (nSPS) is 10.2. The van der Waals surface area contributed by atoms with E-state index in [1.165, 1.54) is 0 Å². The minimum absolute atomic E-state index is 0.856. The molecular weight excluding hydrogens is 289 g/mol. The fraction of sp³-hybridized carbons (Fsp3) is 0.600. The summed E-state index contributed by atoms with van der Waals surface area (Å²) >= 11 is 2.22. The van der Waals surface area contributed by atoms with Crippen molar-refractivity contribution in [3.63, 3.8) is 0 Å². The molecule has 0 amide bonds. The quantitative estimate of drug-likeness (QED) is 0.783. The molecule has 3 nitrogen and oxygen atoms in total. The molecule has 0 aliphatic heterocycles. The lowest BCUT2D eigenvalue weighted by atomic mass is 10.4. The van der Waals surface area contributed by atoms with E-state index in [4.69, 9.17) is 0 Å². The van der Waals surface area contributed by atoms with Crippen LogP contribution in [0.25, 0.3) is 0 Å². The summed E-state index contributed by atoms with van der Waals surface area (Å²) < 4.78 is 1.08. The topological polar surface area (TPSA) is 29.0 Å². The molecule has 0 spiro atoms. The SMILES string of the molecule is CCCN(CCC)c1ncc(I)cn1. The monoisotopic (exact) mass is 305 g/mol. The highest BCUT2D eigenvalue weighted by molar-refractivity contribution is 14.1. The molecule has 0 N–H and O–H groups in total. The maximum atomic E-state index is 4.32. The Kier molecular flexibility index (Phi) is 5.14. The van der Waals surface area contributed by atoms with Gasteiger partial charge in [-0.25, -0.2) is 9.97 Å². The number of hydrogen-bond acceptors (Lipinski definition) is 3. The van der Waals surface area contributed by atoms with Crippen LogP contribution in [0.4, 0.5) is 5.95 Å². The van der Waals surface area contributed by atoms with Gasteiger partial charge in [-0.05, 0) is 35.4 Å². The fourth-order valence-corrected chi connectivity index (χ4v) is 1.60. The Labute approximate surface area is 99.1 Å². The molecule has 78 valence electrons. The van der Waals surface area contributed by atoms with E-state index < -0.39 is 0 Å². The van der Waals surface area contributed by atoms with Crippen molar-refractivity contribution in [1.82, 2.24) is 9.97 Å². The molecule has 0 saturated carbocycles. The Morgan fingerprint density at radius 1 is 1.14 bits per heavy atom. The van der Waals surface area contributed by atoms with Gasteiger partial charge in [-0.3, -0.25) is 0 Å². The molecule has 0 atom stereocenters. The maximum absolute atomic E-state index is 4.32. The average Bonchev–Trinajstić information content (AvgIpc) is 2.19. The van der Waals surface area contributed by atoms with Crippen molar-refractivity contribution < 1.29 is 0 Å². The summed E-state index contributed by atoms with van der Waals surface area (Å²) in [7, 11) is 0. The summed E-state index contributed by atoms with van der Waals surface area (Å²) in [5.74, 6) is 0.856. The van der Waals surface area contributed by atoms with E-state index in [-0.39, 0.29) is 0 Å². The van der Waals surface area contributed by atoms with Crippen molar-refractivity contribution in [2.24, 2.45) is 0 Å². The van der Waals surface area contributed by atoms with Crippen molar-refractivity contribution in [2.75, 3.05) is 18.0 Å². The number of rotatable bonds is 5. The van der Waals surface area contributed by atoms with Crippen LogP contribution in [0, 0.1) is 3.57 Å². The fourth-order valence-electron chi connectivity index (χ4n) is 1.32. The highest BCUT2D eigenvalue weighted by Crippen LogP contribution is 2.09. The Hall–Kier alpha value is -0.390. The zero-order chi connectivity index (χ0) is 10.4. The molecule has 4 heteroatoms. The standard InChI is InChI=1S/C10H16IN3/c1-3-5-14(6-4-2)10-12-7-9(11)8-13-10/h7-8H,3-6H2,1-2H3. The predicted octanol–water partition coefficient (Wildman–Crippen LogP) is 2.71. The number of anilines is 1. The number of nitrogens with zero attached hydrogens (tertiary/aromatic N) is 3. The van der Waals surface area contributed by atoms with Gasteiger partial charge in [0.25, 0.3) is 0 Å². The first-order valence-corrected chi connectivity index (χ1v) is 6.08. The molecule has 1 rings (SSSR count). The zero-order valence-corrected chi connectivity index (χ0v) is 10.9. The second kappa shape index (κ2) is 6.16. The van der Waals surface area contributed by atoms with Gasteiger partial charge >= 0.3 is 0 Å². The first kappa shape index (κ1) is 11.7. The van der Waals surface area contributed by atoms with Gasteiger partial charge in [0.2, 0.25) is 5.95 Å². The molecule has 0 bridgehead atoms. The molecule has 1 aromatic rings. The van der Waals surface area contributed by atoms with Gasteiger partial charge in [0.1, 0.15) is 0 Å². The van der Waals surface area contributed by atoms with Crippen molar-refractivity contribution >= 4 is 28.5 Å². The number of aromatic nitrogens is 2. The lowest BCUT2D eigenvalue weighted by Crippen LogP contribution is -2.26. The molecule has 0 aliphatic rings. The molecule has 1 heterocycles. The van der Waals surface area contributed by atoms with Crippen molar-refractivity contribution in [1.29, 1.82) is 0 Å². The largest absolute Gasteiger partial charge is 0.341 e. The number of halogens is 1. The zero-order valence-electron chi connectivity index (χ0n) is 8.70. The van der Waals surface area contributed by atoms with E-state index in [0.717, 1.165) is 35.4 Å². The Morgan fingerprint density at radius 3 is 2.07 bits per heavy atom. The highest BCUT2D eigenvalue weighted by atomic mass is 127. The summed E-state index contributed by atoms with van der Waals surface area (Å²) in [6.07, 6.45) is 5.99. The van der Waals surface area contributed by atoms with Crippen molar-refractivity contribution in [2.45, 2.75) is 26.7 Å². The van der Waals surface area contributed by atoms with Crippen molar-refractivity contribution in [3.8, 4) is 0 Å². The van der Waals surface area contributed by atoms with Crippen LogP contribution < -0.4 is 4.90 Å². The van der Waals surface area contributed by atoms with E-state index in [0.29, 0.717) is 0 Å². The molecule has 0 fully saturated rings. The molecule has 14 heavy (non-hydrogen) atoms. The van der Waals surface area contributed by atoms with Crippen LogP contribution in [-0.2, 0) is 0 Å². The van der Waals surface area contributed by atoms with Crippen LogP contribution in [0.15, 0.2) is 12.4 Å². The van der Waals surface area contributed by atoms with Crippen LogP contribution in [0.5, 0.6) is 0 Å². The van der Waals surface area contributed by atoms with E-state index in [2.05, 4.69) is 51.3 Å². The first-order chi connectivity index (χ1) is 6.77. The van der Waals surface area contributed by atoms with E-state index in [1.807, 2.05) is 12.4 Å². The Bertz CT molecular complexity index is 255. The third-order valence-electron chi connectivity index (χ3n) is 1.88. The summed E-state index contributed by atoms with van der Waals surface area (Å²) in [5.41, 5.74) is 0. The minimum atomic E-state index is 0.856. The smallest absolute Gasteiger partial charge is 0.225 e. The van der Waals surface area contributed by atoms with Gasteiger partial charge in [0.05, 0.1) is 0 Å². The average molecular weight is 305 g/mol. The lowest BCUT2D eigenvalue weighted by Gasteiger charge is -2.20. The van der Waals surface area contributed by atoms with E-state index in [1.54, 1.807) is 0 Å². The highest BCUT2D eigenvalue weighted by Gasteiger charge is 2.06. The molecular formula is C10H16IN3. The lowest BCUT2D eigenvalue weighted by molar-refractivity contribution is 0.720. The van der Waals surface area contributed by atoms with Gasteiger partial charge in [-0.1, -0.05) is 13.8 Å². The third-order valence-corrected chi connectivity index (χ3v) is 2.43. The molecule has 0 aliphatic carbocycles. The van der Waals surface area contributed by atoms with Gasteiger partial charge in [-0.15, -0.1) is 0 Å². The molecule has 1 aromatic heterocycles. The van der Waals surface area contributed by atoms with Gasteiger partial charge in [0, 0.05) is 29.1 Å². The minimum Gasteiger partial charge on any atom is -0.341 e. The summed E-state index contributed by atoms with van der Waals surface area (Å²) in [6, 6.07) is 0. The van der Waals surface area contributed by atoms with Crippen LogP contribution >= 0.6 is 22.6 Å². The van der Waals surface area contributed by atoms with Crippen LogP contribution in [0.3, 0.4) is 0 Å². The van der Waals surface area contributed by atoms with Crippen LogP contribution in [0.1, 0.15) is 26.7 Å². The van der Waals surface area contributed by atoms with Gasteiger partial charge < -0.3 is 4.90 Å². The van der Waals surface area contributed by atoms with E-state index >= 15 is 0 Å². The van der Waals surface area contributed by atoms with Crippen LogP contribution in [-0.4, -0.2) is 23.1 Å². The molecule has 0 unspecified atom stereocenters. The Morgan fingerprint density at radius 2 is 1.64 bits per heavy atom. The molecule has 0 saturated heterocycles. The maximum Gasteiger partial charge on any atom is 0.225 e. The Balaban J connectivity index is 2.71. The third kappa shape index (κ3) is 3.40. The van der Waals surface area contributed by atoms with E-state index in [9.17, 15) is 0 Å². The molecule has 0 radical (unpaired) electrons. The van der Waals surface area contributed by atoms with Crippen LogP contribution in [0.2, 0.25) is 0 Å². The van der Waals surface area contributed by atoms with Crippen molar-refractivity contribution in [3.05, 3.63) is 16.0 Å². The number of hydrogen-bond donors (Lipinski definition) is 0. The van der Waals surface area contributed by atoms with Gasteiger partial charge in [-0.2, -0.15) is 0 Å². The summed E-state index contributed by atoms with van der Waals surface area (Å²) in [4.78, 5) is 10.9.